The molecule has 6 heteroatoms. The van der Waals surface area contributed by atoms with Crippen molar-refractivity contribution in [2.45, 2.75) is 361 Å². The molecule has 1 atom stereocenters. The Morgan fingerprint density at radius 2 is 0.468 bits per heavy atom. The van der Waals surface area contributed by atoms with Crippen molar-refractivity contribution in [3.05, 3.63) is 72.9 Å². The number of allylic oxidation sites excluding steroid dienone is 12. The second kappa shape index (κ2) is 67.4. The fourth-order valence-electron chi connectivity index (χ4n) is 9.93. The van der Waals surface area contributed by atoms with E-state index in [1.165, 1.54) is 205 Å². The monoisotopic (exact) mass is 1100 g/mol. The van der Waals surface area contributed by atoms with Gasteiger partial charge < -0.3 is 14.2 Å². The van der Waals surface area contributed by atoms with E-state index >= 15 is 0 Å². The Bertz CT molecular complexity index is 1450. The van der Waals surface area contributed by atoms with Gasteiger partial charge in [-0.3, -0.25) is 14.4 Å². The zero-order chi connectivity index (χ0) is 57.1. The summed E-state index contributed by atoms with van der Waals surface area (Å²) in [6.07, 6.45) is 87.9. The molecule has 0 aromatic carbocycles. The Morgan fingerprint density at radius 1 is 0.253 bits per heavy atom. The summed E-state index contributed by atoms with van der Waals surface area (Å²) in [5.41, 5.74) is 0. The molecule has 0 spiro atoms. The van der Waals surface area contributed by atoms with Crippen molar-refractivity contribution in [2.24, 2.45) is 0 Å². The van der Waals surface area contributed by atoms with Gasteiger partial charge in [0.25, 0.3) is 0 Å². The predicted octanol–water partition coefficient (Wildman–Crippen LogP) is 23.7. The Kier molecular flexibility index (Phi) is 64.7. The lowest BCUT2D eigenvalue weighted by Gasteiger charge is -2.18. The van der Waals surface area contributed by atoms with Gasteiger partial charge in [-0.05, 0) is 109 Å². The SMILES string of the molecule is CCCC/C=C\C/C=C\CCCCCCCC(=O)OCC(COC(=O)CCCCCCCCCCCCCCCCCCCCC/C=C\C/C=C\CCCCCCC)OC(=O)CCCCCCC/C=C\C/C=C\CCCCCC. The largest absolute Gasteiger partial charge is 0.462 e. The fourth-order valence-corrected chi connectivity index (χ4v) is 9.93. The van der Waals surface area contributed by atoms with Gasteiger partial charge in [0.15, 0.2) is 6.10 Å². The third-order valence-electron chi connectivity index (χ3n) is 15.2. The van der Waals surface area contributed by atoms with Crippen LogP contribution in [0.4, 0.5) is 0 Å². The Balaban J connectivity index is 4.19. The first kappa shape index (κ1) is 75.8. The van der Waals surface area contributed by atoms with Gasteiger partial charge in [0.1, 0.15) is 13.2 Å². The number of esters is 3. The van der Waals surface area contributed by atoms with Gasteiger partial charge in [-0.2, -0.15) is 0 Å². The van der Waals surface area contributed by atoms with Gasteiger partial charge in [-0.1, -0.05) is 299 Å². The first-order chi connectivity index (χ1) is 39.0. The lowest BCUT2D eigenvalue weighted by atomic mass is 10.0. The molecule has 0 aliphatic heterocycles. The number of hydrogen-bond acceptors (Lipinski definition) is 6. The lowest BCUT2D eigenvalue weighted by molar-refractivity contribution is -0.167. The summed E-state index contributed by atoms with van der Waals surface area (Å²) in [6.45, 7) is 6.59. The summed E-state index contributed by atoms with van der Waals surface area (Å²) in [4.78, 5) is 38.3. The number of ether oxygens (including phenoxy) is 3. The van der Waals surface area contributed by atoms with E-state index in [2.05, 4.69) is 93.7 Å². The zero-order valence-corrected chi connectivity index (χ0v) is 52.6. The predicted molar refractivity (Wildman–Crippen MR) is 344 cm³/mol. The molecule has 0 aliphatic rings. The molecule has 1 unspecified atom stereocenters. The van der Waals surface area contributed by atoms with Gasteiger partial charge in [-0.15, -0.1) is 0 Å². The average Bonchev–Trinajstić information content (AvgIpc) is 3.45. The van der Waals surface area contributed by atoms with E-state index in [0.29, 0.717) is 19.3 Å². The first-order valence-corrected chi connectivity index (χ1v) is 34.4. The Morgan fingerprint density at radius 3 is 0.747 bits per heavy atom. The van der Waals surface area contributed by atoms with Crippen molar-refractivity contribution in [2.75, 3.05) is 13.2 Å². The van der Waals surface area contributed by atoms with Crippen LogP contribution < -0.4 is 0 Å². The van der Waals surface area contributed by atoms with Crippen LogP contribution >= 0.6 is 0 Å². The highest BCUT2D eigenvalue weighted by molar-refractivity contribution is 5.71. The number of unbranched alkanes of at least 4 members (excludes halogenated alkanes) is 40. The van der Waals surface area contributed by atoms with Crippen LogP contribution in [-0.4, -0.2) is 37.2 Å². The first-order valence-electron chi connectivity index (χ1n) is 34.4. The molecule has 0 fully saturated rings. The van der Waals surface area contributed by atoms with Crippen LogP contribution in [0.25, 0.3) is 0 Å². The van der Waals surface area contributed by atoms with Crippen molar-refractivity contribution in [3.63, 3.8) is 0 Å². The van der Waals surface area contributed by atoms with Crippen LogP contribution in [0.3, 0.4) is 0 Å². The third kappa shape index (κ3) is 65.5. The summed E-state index contributed by atoms with van der Waals surface area (Å²) in [5.74, 6) is -0.894. The highest BCUT2D eigenvalue weighted by atomic mass is 16.6. The minimum Gasteiger partial charge on any atom is -0.462 e. The number of rotatable bonds is 63. The Hall–Kier alpha value is -3.15. The van der Waals surface area contributed by atoms with E-state index < -0.39 is 6.10 Å². The lowest BCUT2D eigenvalue weighted by Crippen LogP contribution is -2.30. The maximum Gasteiger partial charge on any atom is 0.306 e. The molecular weight excluding hydrogens is 973 g/mol. The zero-order valence-electron chi connectivity index (χ0n) is 52.6. The van der Waals surface area contributed by atoms with E-state index in [0.717, 1.165) is 109 Å². The number of carbonyl (C=O) groups excluding carboxylic acids is 3. The minimum absolute atomic E-state index is 0.0828. The molecule has 0 aliphatic carbocycles. The van der Waals surface area contributed by atoms with Gasteiger partial charge >= 0.3 is 17.9 Å². The highest BCUT2D eigenvalue weighted by Crippen LogP contribution is 2.17. The molecule has 6 nitrogen and oxygen atoms in total. The molecule has 458 valence electrons. The quantitative estimate of drug-likeness (QED) is 0.0261. The molecule has 0 saturated carbocycles. The third-order valence-corrected chi connectivity index (χ3v) is 15.2. The van der Waals surface area contributed by atoms with Crippen molar-refractivity contribution in [3.8, 4) is 0 Å². The number of carbonyl (C=O) groups is 3. The van der Waals surface area contributed by atoms with Gasteiger partial charge in [-0.25, -0.2) is 0 Å². The molecule has 79 heavy (non-hydrogen) atoms. The van der Waals surface area contributed by atoms with Crippen LogP contribution in [0.2, 0.25) is 0 Å². The maximum absolute atomic E-state index is 12.9. The maximum atomic E-state index is 12.9. The molecule has 0 N–H and O–H groups in total. The molecule has 0 radical (unpaired) electrons. The minimum atomic E-state index is -0.788. The van der Waals surface area contributed by atoms with E-state index in [-0.39, 0.29) is 31.1 Å². The summed E-state index contributed by atoms with van der Waals surface area (Å²) >= 11 is 0. The second-order valence-electron chi connectivity index (χ2n) is 23.1. The van der Waals surface area contributed by atoms with Crippen molar-refractivity contribution < 1.29 is 28.6 Å². The van der Waals surface area contributed by atoms with E-state index in [1.54, 1.807) is 0 Å². The molecule has 0 saturated heterocycles. The van der Waals surface area contributed by atoms with Crippen LogP contribution in [0.1, 0.15) is 355 Å². The van der Waals surface area contributed by atoms with Crippen LogP contribution in [0.15, 0.2) is 72.9 Å². The molecule has 0 aromatic heterocycles. The van der Waals surface area contributed by atoms with Crippen LogP contribution in [0.5, 0.6) is 0 Å². The van der Waals surface area contributed by atoms with E-state index in [9.17, 15) is 14.4 Å². The molecule has 0 aromatic rings. The summed E-state index contributed by atoms with van der Waals surface area (Å²) < 4.78 is 16.9. The van der Waals surface area contributed by atoms with E-state index in [1.807, 2.05) is 0 Å². The highest BCUT2D eigenvalue weighted by Gasteiger charge is 2.19. The standard InChI is InChI=1S/C73H130O6/c1-4-7-10-13-16-19-22-25-28-30-31-32-33-34-35-36-37-38-39-40-41-42-43-44-46-48-51-54-57-60-63-66-72(75)78-69-70(68-77-71(74)65-62-59-56-53-50-47-27-24-21-18-15-12-9-6-3)79-73(76)67-64-61-58-55-52-49-45-29-26-23-20-17-14-11-8-5-2/h15,18,20,22-25,27,29-31,45,70H,4-14,16-17,19,21,26,28,32-44,46-69H2,1-3H3/b18-15-,23-20-,25-22-,27-24-,31-30-,45-29-. The average molecular weight is 1100 g/mol. The van der Waals surface area contributed by atoms with Crippen LogP contribution in [0, 0.1) is 0 Å². The molecule has 0 heterocycles. The van der Waals surface area contributed by atoms with Crippen molar-refractivity contribution in [1.82, 2.24) is 0 Å². The summed E-state index contributed by atoms with van der Waals surface area (Å²) in [6, 6.07) is 0. The van der Waals surface area contributed by atoms with Gasteiger partial charge in [0, 0.05) is 19.3 Å². The summed E-state index contributed by atoms with van der Waals surface area (Å²) in [7, 11) is 0. The topological polar surface area (TPSA) is 78.9 Å². The van der Waals surface area contributed by atoms with Gasteiger partial charge in [0.05, 0.1) is 0 Å². The number of hydrogen-bond donors (Lipinski definition) is 0. The van der Waals surface area contributed by atoms with Crippen molar-refractivity contribution >= 4 is 17.9 Å². The molecule has 0 rings (SSSR count). The smallest absolute Gasteiger partial charge is 0.306 e. The van der Waals surface area contributed by atoms with Crippen LogP contribution in [-0.2, 0) is 28.6 Å². The fraction of sp³-hybridized carbons (Fsp3) is 0.795. The van der Waals surface area contributed by atoms with E-state index in [4.69, 9.17) is 14.2 Å². The Labute approximate surface area is 491 Å². The molecule has 0 amide bonds. The normalized spacial score (nSPS) is 12.5. The second-order valence-corrected chi connectivity index (χ2v) is 23.1. The molecule has 0 bridgehead atoms. The van der Waals surface area contributed by atoms with Gasteiger partial charge in [0.2, 0.25) is 0 Å². The van der Waals surface area contributed by atoms with Crippen molar-refractivity contribution in [1.29, 1.82) is 0 Å². The molecular formula is C73H130O6. The summed E-state index contributed by atoms with van der Waals surface area (Å²) in [5, 5.41) is 0.